The highest BCUT2D eigenvalue weighted by Crippen LogP contribution is 2.23. The summed E-state index contributed by atoms with van der Waals surface area (Å²) in [6.45, 7) is 13.6. The fraction of sp³-hybridized carbons (Fsp3) is 0.750. The largest absolute Gasteiger partial charge is 0.379 e. The molecular weight excluding hydrogens is 282 g/mol. The highest BCUT2D eigenvalue weighted by Gasteiger charge is 2.13. The van der Waals surface area contributed by atoms with E-state index in [4.69, 9.17) is 9.72 Å². The molecule has 0 N–H and O–H groups in total. The van der Waals surface area contributed by atoms with Crippen molar-refractivity contribution in [2.24, 2.45) is 0 Å². The number of aromatic nitrogens is 2. The minimum Gasteiger partial charge on any atom is -0.379 e. The average Bonchev–Trinajstić information content (AvgIpc) is 2.48. The Morgan fingerprint density at radius 1 is 1.14 bits per heavy atom. The molecule has 0 radical (unpaired) electrons. The van der Waals surface area contributed by atoms with Crippen molar-refractivity contribution in [1.82, 2.24) is 14.9 Å². The first-order chi connectivity index (χ1) is 10.1. The normalized spacial score (nSPS) is 16.9. The third-order valence-corrected chi connectivity index (χ3v) is 4.50. The molecular formula is C16H27N3OS. The van der Waals surface area contributed by atoms with E-state index in [1.54, 1.807) is 0 Å². The van der Waals surface area contributed by atoms with Crippen molar-refractivity contribution in [3.8, 4) is 0 Å². The van der Waals surface area contributed by atoms with Gasteiger partial charge in [0.15, 0.2) is 0 Å². The van der Waals surface area contributed by atoms with Gasteiger partial charge in [-0.15, -0.1) is 11.8 Å². The summed E-state index contributed by atoms with van der Waals surface area (Å²) in [6.07, 6.45) is 0. The van der Waals surface area contributed by atoms with Gasteiger partial charge in [0.2, 0.25) is 0 Å². The fourth-order valence-electron chi connectivity index (χ4n) is 2.19. The predicted octanol–water partition coefficient (Wildman–Crippen LogP) is 3.15. The molecule has 2 rings (SSSR count). The van der Waals surface area contributed by atoms with Gasteiger partial charge in [-0.1, -0.05) is 27.7 Å². The molecule has 1 aromatic rings. The first-order valence-corrected chi connectivity index (χ1v) is 8.86. The molecule has 0 unspecified atom stereocenters. The Morgan fingerprint density at radius 3 is 2.48 bits per heavy atom. The molecule has 2 heterocycles. The third kappa shape index (κ3) is 5.24. The molecule has 1 aliphatic rings. The lowest BCUT2D eigenvalue weighted by Gasteiger charge is -2.26. The molecule has 21 heavy (non-hydrogen) atoms. The minimum absolute atomic E-state index is 0.377. The summed E-state index contributed by atoms with van der Waals surface area (Å²) < 4.78 is 5.38. The fourth-order valence-corrected chi connectivity index (χ4v) is 3.11. The Labute approximate surface area is 132 Å². The molecule has 1 aromatic heterocycles. The Kier molecular flexibility index (Phi) is 6.45. The van der Waals surface area contributed by atoms with Gasteiger partial charge in [-0.2, -0.15) is 0 Å². The van der Waals surface area contributed by atoms with E-state index < -0.39 is 0 Å². The maximum atomic E-state index is 5.38. The molecule has 1 saturated heterocycles. The summed E-state index contributed by atoms with van der Waals surface area (Å²) >= 11 is 1.84. The van der Waals surface area contributed by atoms with Crippen LogP contribution < -0.4 is 0 Å². The molecule has 0 saturated carbocycles. The molecule has 1 fully saturated rings. The second-order valence-electron chi connectivity index (χ2n) is 6.10. The van der Waals surface area contributed by atoms with Crippen LogP contribution in [0, 0.1) is 0 Å². The van der Waals surface area contributed by atoms with Crippen LogP contribution in [0.4, 0.5) is 0 Å². The van der Waals surface area contributed by atoms with Crippen molar-refractivity contribution in [2.45, 2.75) is 44.6 Å². The van der Waals surface area contributed by atoms with Crippen molar-refractivity contribution in [3.05, 3.63) is 17.6 Å². The first kappa shape index (κ1) is 16.7. The van der Waals surface area contributed by atoms with Gasteiger partial charge in [0, 0.05) is 37.0 Å². The Hall–Kier alpha value is -0.650. The van der Waals surface area contributed by atoms with Crippen LogP contribution in [0.25, 0.3) is 0 Å². The van der Waals surface area contributed by atoms with E-state index in [-0.39, 0.29) is 0 Å². The summed E-state index contributed by atoms with van der Waals surface area (Å²) in [5, 5.41) is 1.12. The lowest BCUT2D eigenvalue weighted by Crippen LogP contribution is -2.37. The highest BCUT2D eigenvalue weighted by molar-refractivity contribution is 7.99. The van der Waals surface area contributed by atoms with Crippen molar-refractivity contribution in [1.29, 1.82) is 0 Å². The van der Waals surface area contributed by atoms with E-state index in [2.05, 4.69) is 43.6 Å². The number of morpholine rings is 1. The lowest BCUT2D eigenvalue weighted by molar-refractivity contribution is 0.0410. The van der Waals surface area contributed by atoms with Crippen LogP contribution in [0.3, 0.4) is 0 Å². The quantitative estimate of drug-likeness (QED) is 0.596. The van der Waals surface area contributed by atoms with Gasteiger partial charge in [0.25, 0.3) is 0 Å². The van der Waals surface area contributed by atoms with Gasteiger partial charge in [-0.05, 0) is 12.0 Å². The number of hydrogen-bond donors (Lipinski definition) is 0. The van der Waals surface area contributed by atoms with E-state index in [9.17, 15) is 0 Å². The molecule has 0 aliphatic carbocycles. The second-order valence-corrected chi connectivity index (χ2v) is 7.22. The van der Waals surface area contributed by atoms with Gasteiger partial charge >= 0.3 is 0 Å². The van der Waals surface area contributed by atoms with Crippen LogP contribution in [-0.4, -0.2) is 53.5 Å². The van der Waals surface area contributed by atoms with Crippen molar-refractivity contribution >= 4 is 11.8 Å². The van der Waals surface area contributed by atoms with Gasteiger partial charge in [0.05, 0.1) is 13.2 Å². The highest BCUT2D eigenvalue weighted by atomic mass is 32.2. The van der Waals surface area contributed by atoms with Crippen LogP contribution in [0.5, 0.6) is 0 Å². The average molecular weight is 309 g/mol. The van der Waals surface area contributed by atoms with Gasteiger partial charge in [0.1, 0.15) is 10.9 Å². The summed E-state index contributed by atoms with van der Waals surface area (Å²) in [7, 11) is 0. The Bertz CT molecular complexity index is 419. The van der Waals surface area contributed by atoms with E-state index >= 15 is 0 Å². The van der Waals surface area contributed by atoms with E-state index in [0.717, 1.165) is 55.1 Å². The first-order valence-electron chi connectivity index (χ1n) is 7.88. The van der Waals surface area contributed by atoms with Crippen LogP contribution in [0.1, 0.15) is 51.0 Å². The van der Waals surface area contributed by atoms with Crippen LogP contribution in [0.15, 0.2) is 11.1 Å². The van der Waals surface area contributed by atoms with Crippen LogP contribution in [0.2, 0.25) is 0 Å². The molecule has 118 valence electrons. The van der Waals surface area contributed by atoms with Gasteiger partial charge < -0.3 is 4.74 Å². The van der Waals surface area contributed by atoms with Crippen LogP contribution >= 0.6 is 11.8 Å². The number of ether oxygens (including phenoxy) is 1. The summed E-state index contributed by atoms with van der Waals surface area (Å²) in [5.74, 6) is 2.87. The van der Waals surface area contributed by atoms with Crippen molar-refractivity contribution in [3.63, 3.8) is 0 Å². The molecule has 4 nitrogen and oxygen atoms in total. The summed E-state index contributed by atoms with van der Waals surface area (Å²) in [4.78, 5) is 11.8. The molecule has 1 aliphatic heterocycles. The monoisotopic (exact) mass is 309 g/mol. The van der Waals surface area contributed by atoms with E-state index in [1.165, 1.54) is 0 Å². The van der Waals surface area contributed by atoms with E-state index in [0.29, 0.717) is 11.8 Å². The topological polar surface area (TPSA) is 38.2 Å². The summed E-state index contributed by atoms with van der Waals surface area (Å²) in [5.41, 5.74) is 1.16. The zero-order chi connectivity index (χ0) is 15.2. The minimum atomic E-state index is 0.377. The zero-order valence-electron chi connectivity index (χ0n) is 13.6. The van der Waals surface area contributed by atoms with Crippen LogP contribution in [-0.2, 0) is 4.74 Å². The SMILES string of the molecule is CC(C)c1cc(SCCN2CCOCC2)nc(C(C)C)n1. The maximum Gasteiger partial charge on any atom is 0.132 e. The molecule has 5 heteroatoms. The van der Waals surface area contributed by atoms with E-state index in [1.807, 2.05) is 11.8 Å². The Balaban J connectivity index is 1.94. The molecule has 0 spiro atoms. The molecule has 0 amide bonds. The third-order valence-electron chi connectivity index (χ3n) is 3.61. The van der Waals surface area contributed by atoms with Crippen molar-refractivity contribution in [2.75, 3.05) is 38.6 Å². The maximum absolute atomic E-state index is 5.38. The van der Waals surface area contributed by atoms with Gasteiger partial charge in [-0.25, -0.2) is 9.97 Å². The van der Waals surface area contributed by atoms with Gasteiger partial charge in [-0.3, -0.25) is 4.90 Å². The lowest BCUT2D eigenvalue weighted by atomic mass is 10.1. The zero-order valence-corrected chi connectivity index (χ0v) is 14.4. The molecule has 0 aromatic carbocycles. The standard InChI is InChI=1S/C16H27N3OS/c1-12(2)14-11-15(18-16(17-14)13(3)4)21-10-7-19-5-8-20-9-6-19/h11-13H,5-10H2,1-4H3. The summed E-state index contributed by atoms with van der Waals surface area (Å²) in [6, 6.07) is 2.15. The number of thioether (sulfide) groups is 1. The second kappa shape index (κ2) is 8.11. The smallest absolute Gasteiger partial charge is 0.132 e. The molecule has 0 bridgehead atoms. The molecule has 0 atom stereocenters. The van der Waals surface area contributed by atoms with Crippen molar-refractivity contribution < 1.29 is 4.74 Å². The predicted molar refractivity (Wildman–Crippen MR) is 88.2 cm³/mol. The number of rotatable bonds is 6. The number of hydrogen-bond acceptors (Lipinski definition) is 5. The number of nitrogens with zero attached hydrogens (tertiary/aromatic N) is 3. The Morgan fingerprint density at radius 2 is 1.86 bits per heavy atom.